The lowest BCUT2D eigenvalue weighted by atomic mass is 9.96. The highest BCUT2D eigenvalue weighted by molar-refractivity contribution is 6.23. The smallest absolute Gasteiger partial charge is 0.262 e. The van der Waals surface area contributed by atoms with Crippen LogP contribution in [0.1, 0.15) is 71.7 Å². The van der Waals surface area contributed by atoms with Gasteiger partial charge in [0.05, 0.1) is 22.6 Å². The summed E-state index contributed by atoms with van der Waals surface area (Å²) in [5.74, 6) is 0.790. The number of amides is 4. The average molecular weight is 797 g/mol. The van der Waals surface area contributed by atoms with Gasteiger partial charge in [0.1, 0.15) is 35.4 Å². The molecule has 0 spiro atoms. The minimum Gasteiger partial charge on any atom is -0.457 e. The highest BCUT2D eigenvalue weighted by atomic mass is 16.5. The van der Waals surface area contributed by atoms with Gasteiger partial charge < -0.3 is 25.6 Å². The van der Waals surface area contributed by atoms with Gasteiger partial charge in [-0.15, -0.1) is 0 Å². The number of nitrogens with one attached hydrogen (secondary N) is 2. The minimum atomic E-state index is -0.925. The first-order chi connectivity index (χ1) is 28.8. The number of piperidine rings is 1. The number of para-hydroxylation sites is 1. The van der Waals surface area contributed by atoms with E-state index in [4.69, 9.17) is 15.6 Å². The van der Waals surface area contributed by atoms with E-state index in [2.05, 4.69) is 35.1 Å². The minimum absolute atomic E-state index is 0.122. The number of rotatable bonds is 8. The van der Waals surface area contributed by atoms with E-state index < -0.39 is 23.8 Å². The van der Waals surface area contributed by atoms with Crippen molar-refractivity contribution in [2.45, 2.75) is 57.0 Å². The van der Waals surface area contributed by atoms with Gasteiger partial charge >= 0.3 is 0 Å². The maximum atomic E-state index is 13.0. The van der Waals surface area contributed by atoms with Crippen molar-refractivity contribution < 1.29 is 23.9 Å². The normalized spacial score (nSPS) is 20.2. The fourth-order valence-electron chi connectivity index (χ4n) is 8.89. The molecule has 0 bridgehead atoms. The largest absolute Gasteiger partial charge is 0.457 e. The number of benzene rings is 3. The van der Waals surface area contributed by atoms with E-state index in [-0.39, 0.29) is 18.7 Å². The van der Waals surface area contributed by atoms with Gasteiger partial charge in [-0.05, 0) is 73.9 Å². The molecule has 15 nitrogen and oxygen atoms in total. The summed E-state index contributed by atoms with van der Waals surface area (Å²) in [5, 5.41) is 11.4. The Bertz CT molecular complexity index is 2370. The van der Waals surface area contributed by atoms with Crippen LogP contribution in [0.4, 0.5) is 11.5 Å². The molecule has 1 atom stereocenters. The molecular formula is C44H48N10O5. The number of ether oxygens (including phenoxy) is 1. The van der Waals surface area contributed by atoms with E-state index in [1.54, 1.807) is 12.1 Å². The highest BCUT2D eigenvalue weighted by Crippen LogP contribution is 2.37. The van der Waals surface area contributed by atoms with Crippen molar-refractivity contribution in [3.8, 4) is 22.8 Å². The van der Waals surface area contributed by atoms with Crippen LogP contribution in [0, 0.1) is 5.92 Å². The van der Waals surface area contributed by atoms with E-state index in [1.165, 1.54) is 25.6 Å². The van der Waals surface area contributed by atoms with Crippen LogP contribution in [0.5, 0.6) is 11.5 Å². The first kappa shape index (κ1) is 38.3. The van der Waals surface area contributed by atoms with Crippen LogP contribution in [0.2, 0.25) is 0 Å². The van der Waals surface area contributed by atoms with Gasteiger partial charge in [-0.1, -0.05) is 37.5 Å². The molecule has 1 unspecified atom stereocenters. The van der Waals surface area contributed by atoms with Crippen molar-refractivity contribution >= 4 is 46.2 Å². The molecule has 5 aromatic rings. The maximum Gasteiger partial charge on any atom is 0.262 e. The number of piperazine rings is 1. The predicted molar refractivity (Wildman–Crippen MR) is 222 cm³/mol. The number of hydrogen-bond acceptors (Lipinski definition) is 12. The van der Waals surface area contributed by atoms with Crippen LogP contribution < -0.4 is 26.0 Å². The second-order valence-electron chi connectivity index (χ2n) is 16.0. The molecule has 0 radical (unpaired) electrons. The van der Waals surface area contributed by atoms with Crippen molar-refractivity contribution in [1.29, 1.82) is 0 Å². The summed E-state index contributed by atoms with van der Waals surface area (Å²) in [6.45, 7) is 7.21. The SMILES string of the molecule is Nc1ncnc2c1c(-c1ccc(Oc3ccccc3)cc1)nn2C1CCCCC1.O=C1CCC(N2C(=O)c3ccc(N4CC(CN5CCNCC5)C4)cc3C2=O)C(=O)N1. The quantitative estimate of drug-likeness (QED) is 0.183. The van der Waals surface area contributed by atoms with Crippen molar-refractivity contribution in [1.82, 2.24) is 40.2 Å². The molecule has 3 saturated heterocycles. The molecule has 5 aliphatic rings. The lowest BCUT2D eigenvalue weighted by Gasteiger charge is -2.44. The second-order valence-corrected chi connectivity index (χ2v) is 16.0. The molecule has 10 rings (SSSR count). The second kappa shape index (κ2) is 16.6. The Labute approximate surface area is 341 Å². The van der Waals surface area contributed by atoms with Gasteiger partial charge in [0.2, 0.25) is 11.8 Å². The number of anilines is 2. The molecule has 59 heavy (non-hydrogen) atoms. The van der Waals surface area contributed by atoms with Crippen molar-refractivity contribution in [3.05, 3.63) is 90.3 Å². The van der Waals surface area contributed by atoms with Gasteiger partial charge in [0, 0.05) is 69.4 Å². The number of carbonyl (C=O) groups is 4. The van der Waals surface area contributed by atoms with Gasteiger partial charge in [0.15, 0.2) is 5.65 Å². The number of imide groups is 2. The summed E-state index contributed by atoms with van der Waals surface area (Å²) < 4.78 is 7.97. The fraction of sp³-hybridized carbons (Fsp3) is 0.386. The summed E-state index contributed by atoms with van der Waals surface area (Å²) in [6.07, 6.45) is 7.83. The van der Waals surface area contributed by atoms with Crippen molar-refractivity contribution in [3.63, 3.8) is 0 Å². The van der Waals surface area contributed by atoms with E-state index in [1.807, 2.05) is 60.7 Å². The molecule has 2 aromatic heterocycles. The fourth-order valence-corrected chi connectivity index (χ4v) is 8.89. The third kappa shape index (κ3) is 7.87. The molecule has 1 aliphatic carbocycles. The Morgan fingerprint density at radius 3 is 2.27 bits per heavy atom. The Morgan fingerprint density at radius 2 is 1.53 bits per heavy atom. The Hall–Kier alpha value is -6.19. The summed E-state index contributed by atoms with van der Waals surface area (Å²) in [5.41, 5.74) is 10.5. The average Bonchev–Trinajstić information content (AvgIpc) is 3.76. The first-order valence-corrected chi connectivity index (χ1v) is 20.7. The molecule has 304 valence electrons. The zero-order valence-corrected chi connectivity index (χ0v) is 32.9. The third-order valence-electron chi connectivity index (χ3n) is 12.0. The lowest BCUT2D eigenvalue weighted by Crippen LogP contribution is -2.54. The maximum absolute atomic E-state index is 13.0. The summed E-state index contributed by atoms with van der Waals surface area (Å²) in [7, 11) is 0. The Morgan fingerprint density at radius 1 is 0.797 bits per heavy atom. The van der Waals surface area contributed by atoms with E-state index in [0.717, 1.165) is 103 Å². The van der Waals surface area contributed by atoms with Crippen molar-refractivity contribution in [2.75, 3.05) is 56.4 Å². The number of hydrogen-bond donors (Lipinski definition) is 3. The third-order valence-corrected chi connectivity index (χ3v) is 12.0. The van der Waals surface area contributed by atoms with Crippen LogP contribution in [0.15, 0.2) is 79.1 Å². The summed E-state index contributed by atoms with van der Waals surface area (Å²) in [4.78, 5) is 63.8. The predicted octanol–water partition coefficient (Wildman–Crippen LogP) is 4.80. The summed E-state index contributed by atoms with van der Waals surface area (Å²) in [6, 6.07) is 22.4. The number of nitrogens with zero attached hydrogens (tertiary/aromatic N) is 7. The lowest BCUT2D eigenvalue weighted by molar-refractivity contribution is -0.136. The van der Waals surface area contributed by atoms with Crippen LogP contribution in [-0.2, 0) is 9.59 Å². The standard InChI is InChI=1S/C23H23N5O.C21H25N5O4/c24-22-20-21(16-11-13-19(14-12-16)29-18-9-5-2-6-10-18)27-28(23(20)26-15-25-22)17-7-3-1-4-8-17;27-18-4-3-17(19(28)23-18)26-20(29)15-2-1-14(9-16(15)21(26)30)25-11-13(12-25)10-24-7-5-22-6-8-24/h2,5-6,9-15,17H,1,3-4,7-8H2,(H2,24,25,26);1-2,9,13,17,22H,3-8,10-12H2,(H,23,27,28). The molecule has 4 N–H and O–H groups in total. The van der Waals surface area contributed by atoms with Crippen LogP contribution >= 0.6 is 0 Å². The summed E-state index contributed by atoms with van der Waals surface area (Å²) >= 11 is 0. The molecule has 15 heteroatoms. The molecular weight excluding hydrogens is 749 g/mol. The van der Waals surface area contributed by atoms with Crippen LogP contribution in [-0.4, -0.2) is 105 Å². The van der Waals surface area contributed by atoms with E-state index >= 15 is 0 Å². The Balaban J connectivity index is 0.000000152. The van der Waals surface area contributed by atoms with Gasteiger partial charge in [-0.25, -0.2) is 14.6 Å². The zero-order chi connectivity index (χ0) is 40.5. The topological polar surface area (TPSA) is 181 Å². The highest BCUT2D eigenvalue weighted by Gasteiger charge is 2.45. The molecule has 3 aromatic carbocycles. The zero-order valence-electron chi connectivity index (χ0n) is 32.9. The molecule has 4 amide bonds. The Kier molecular flexibility index (Phi) is 10.8. The van der Waals surface area contributed by atoms with Gasteiger partial charge in [0.25, 0.3) is 11.8 Å². The molecule has 4 fully saturated rings. The van der Waals surface area contributed by atoms with Crippen LogP contribution in [0.3, 0.4) is 0 Å². The molecule has 1 saturated carbocycles. The monoisotopic (exact) mass is 796 g/mol. The molecule has 4 aliphatic heterocycles. The number of aromatic nitrogens is 4. The van der Waals surface area contributed by atoms with E-state index in [9.17, 15) is 19.2 Å². The number of carbonyl (C=O) groups excluding carboxylic acids is 4. The number of nitrogen functional groups attached to an aromatic ring is 1. The first-order valence-electron chi connectivity index (χ1n) is 20.7. The number of fused-ring (bicyclic) bond motifs is 2. The number of nitrogens with two attached hydrogens (primary N) is 1. The molecule has 6 heterocycles. The van der Waals surface area contributed by atoms with Gasteiger partial charge in [-0.2, -0.15) is 5.10 Å². The van der Waals surface area contributed by atoms with Crippen LogP contribution in [0.25, 0.3) is 22.3 Å². The van der Waals surface area contributed by atoms with Gasteiger partial charge in [-0.3, -0.25) is 29.4 Å². The van der Waals surface area contributed by atoms with Crippen molar-refractivity contribution in [2.24, 2.45) is 5.92 Å². The van der Waals surface area contributed by atoms with E-state index in [0.29, 0.717) is 28.9 Å².